The van der Waals surface area contributed by atoms with E-state index in [9.17, 15) is 4.39 Å². The zero-order valence-electron chi connectivity index (χ0n) is 7.07. The van der Waals surface area contributed by atoms with Crippen LogP contribution in [-0.2, 0) is 0 Å². The molecule has 0 fully saturated rings. The van der Waals surface area contributed by atoms with Gasteiger partial charge in [-0.2, -0.15) is 9.37 Å². The van der Waals surface area contributed by atoms with Gasteiger partial charge >= 0.3 is 7.12 Å². The van der Waals surface area contributed by atoms with Crippen LogP contribution in [0, 0.1) is 5.95 Å². The van der Waals surface area contributed by atoms with Gasteiger partial charge in [-0.25, -0.2) is 0 Å². The van der Waals surface area contributed by atoms with E-state index in [1.807, 2.05) is 0 Å². The fourth-order valence-electron chi connectivity index (χ4n) is 0.849. The Labute approximate surface area is 75.1 Å². The molecule has 1 heterocycles. The summed E-state index contributed by atoms with van der Waals surface area (Å²) in [7, 11) is -1.84. The highest BCUT2D eigenvalue weighted by atomic mass is 19.1. The van der Waals surface area contributed by atoms with E-state index < -0.39 is 13.1 Å². The molecule has 0 aliphatic carbocycles. The number of rotatable bonds is 3. The molecule has 1 aromatic rings. The van der Waals surface area contributed by atoms with Crippen molar-refractivity contribution in [3.63, 3.8) is 0 Å². The van der Waals surface area contributed by atoms with Crippen LogP contribution in [-0.4, -0.2) is 28.8 Å². The lowest BCUT2D eigenvalue weighted by Gasteiger charge is -2.04. The average molecular weight is 185 g/mol. The zero-order valence-corrected chi connectivity index (χ0v) is 7.07. The molecule has 2 N–H and O–H groups in total. The quantitative estimate of drug-likeness (QED) is 0.482. The summed E-state index contributed by atoms with van der Waals surface area (Å²) in [5, 5.41) is 17.3. The summed E-state index contributed by atoms with van der Waals surface area (Å²) in [5.74, 6) is -0.801. The summed E-state index contributed by atoms with van der Waals surface area (Å²) in [6.45, 7) is 2.13. The van der Waals surface area contributed by atoms with Gasteiger partial charge in [-0.1, -0.05) is 6.07 Å². The lowest BCUT2D eigenvalue weighted by atomic mass is 9.81. The van der Waals surface area contributed by atoms with Gasteiger partial charge in [-0.15, -0.1) is 0 Å². The molecule has 0 amide bonds. The summed E-state index contributed by atoms with van der Waals surface area (Å²) >= 11 is 0. The van der Waals surface area contributed by atoms with Crippen molar-refractivity contribution < 1.29 is 19.2 Å². The lowest BCUT2D eigenvalue weighted by molar-refractivity contribution is 0.321. The van der Waals surface area contributed by atoms with Crippen molar-refractivity contribution in [3.8, 4) is 5.88 Å². The van der Waals surface area contributed by atoms with Crippen LogP contribution in [0.1, 0.15) is 6.92 Å². The maximum atomic E-state index is 12.9. The number of halogens is 1. The maximum absolute atomic E-state index is 12.9. The second-order valence-electron chi connectivity index (χ2n) is 2.34. The van der Waals surface area contributed by atoms with E-state index in [1.54, 1.807) is 6.92 Å². The minimum absolute atomic E-state index is 0.129. The number of hydrogen-bond acceptors (Lipinski definition) is 4. The van der Waals surface area contributed by atoms with E-state index in [-0.39, 0.29) is 11.3 Å². The van der Waals surface area contributed by atoms with E-state index in [0.29, 0.717) is 6.61 Å². The van der Waals surface area contributed by atoms with E-state index in [2.05, 4.69) is 4.98 Å². The second-order valence-corrected chi connectivity index (χ2v) is 2.34. The molecule has 0 bridgehead atoms. The van der Waals surface area contributed by atoms with Gasteiger partial charge in [0.05, 0.1) is 6.61 Å². The van der Waals surface area contributed by atoms with Crippen LogP contribution < -0.4 is 10.2 Å². The van der Waals surface area contributed by atoms with E-state index in [0.717, 1.165) is 0 Å². The summed E-state index contributed by atoms with van der Waals surface area (Å²) < 4.78 is 17.8. The van der Waals surface area contributed by atoms with Crippen molar-refractivity contribution in [2.45, 2.75) is 6.92 Å². The Morgan fingerprint density at radius 3 is 2.69 bits per heavy atom. The summed E-state index contributed by atoms with van der Waals surface area (Å²) in [6, 6.07) is 2.60. The van der Waals surface area contributed by atoms with Crippen molar-refractivity contribution in [2.24, 2.45) is 0 Å². The molecule has 1 aromatic heterocycles. The summed E-state index contributed by atoms with van der Waals surface area (Å²) in [4.78, 5) is 3.38. The van der Waals surface area contributed by atoms with Gasteiger partial charge in [-0.3, -0.25) is 0 Å². The maximum Gasteiger partial charge on any atom is 0.493 e. The van der Waals surface area contributed by atoms with Crippen molar-refractivity contribution in [1.82, 2.24) is 4.98 Å². The SMILES string of the molecule is CCOc1ccc(B(O)O)c(F)n1. The fourth-order valence-corrected chi connectivity index (χ4v) is 0.849. The number of nitrogens with zero attached hydrogens (tertiary/aromatic N) is 1. The topological polar surface area (TPSA) is 62.6 Å². The van der Waals surface area contributed by atoms with Gasteiger partial charge in [0.1, 0.15) is 0 Å². The van der Waals surface area contributed by atoms with Crippen molar-refractivity contribution >= 4 is 12.6 Å². The molecule has 6 heteroatoms. The van der Waals surface area contributed by atoms with Gasteiger partial charge in [0, 0.05) is 11.5 Å². The Bertz CT molecular complexity index is 295. The highest BCUT2D eigenvalue weighted by Crippen LogP contribution is 2.04. The number of hydrogen-bond donors (Lipinski definition) is 2. The van der Waals surface area contributed by atoms with E-state index >= 15 is 0 Å². The molecular weight excluding hydrogens is 176 g/mol. The Morgan fingerprint density at radius 2 is 2.23 bits per heavy atom. The minimum atomic E-state index is -1.84. The van der Waals surface area contributed by atoms with Crippen LogP contribution in [0.2, 0.25) is 0 Å². The van der Waals surface area contributed by atoms with Crippen molar-refractivity contribution in [1.29, 1.82) is 0 Å². The van der Waals surface area contributed by atoms with Crippen molar-refractivity contribution in [3.05, 3.63) is 18.1 Å². The number of aromatic nitrogens is 1. The first-order valence-electron chi connectivity index (χ1n) is 3.80. The third kappa shape index (κ3) is 2.40. The Morgan fingerprint density at radius 1 is 1.54 bits per heavy atom. The monoisotopic (exact) mass is 185 g/mol. The first-order chi connectivity index (χ1) is 6.15. The molecule has 0 aliphatic rings. The first-order valence-corrected chi connectivity index (χ1v) is 3.80. The van der Waals surface area contributed by atoms with Crippen LogP contribution in [0.15, 0.2) is 12.1 Å². The third-order valence-corrected chi connectivity index (χ3v) is 1.42. The van der Waals surface area contributed by atoms with Gasteiger partial charge in [0.2, 0.25) is 11.8 Å². The average Bonchev–Trinajstić information content (AvgIpc) is 2.04. The van der Waals surface area contributed by atoms with Crippen LogP contribution >= 0.6 is 0 Å². The van der Waals surface area contributed by atoms with Crippen molar-refractivity contribution in [2.75, 3.05) is 6.61 Å². The fraction of sp³-hybridized carbons (Fsp3) is 0.286. The minimum Gasteiger partial charge on any atom is -0.478 e. The highest BCUT2D eigenvalue weighted by molar-refractivity contribution is 6.58. The first kappa shape index (κ1) is 9.95. The van der Waals surface area contributed by atoms with Gasteiger partial charge < -0.3 is 14.8 Å². The molecule has 1 rings (SSSR count). The van der Waals surface area contributed by atoms with E-state index in [1.165, 1.54) is 12.1 Å². The molecule has 0 unspecified atom stereocenters. The Balaban J connectivity index is 2.92. The molecule has 0 spiro atoms. The van der Waals surface area contributed by atoms with Crippen LogP contribution in [0.3, 0.4) is 0 Å². The lowest BCUT2D eigenvalue weighted by Crippen LogP contribution is -2.33. The van der Waals surface area contributed by atoms with Gasteiger partial charge in [0.15, 0.2) is 0 Å². The normalized spacial score (nSPS) is 9.85. The second kappa shape index (κ2) is 4.20. The molecule has 0 saturated heterocycles. The number of ether oxygens (including phenoxy) is 1. The molecule has 0 radical (unpaired) electrons. The van der Waals surface area contributed by atoms with Crippen LogP contribution in [0.5, 0.6) is 5.88 Å². The molecule has 0 aliphatic heterocycles. The Kier molecular flexibility index (Phi) is 3.22. The molecular formula is C7H9BFNO3. The number of pyridine rings is 1. The van der Waals surface area contributed by atoms with Crippen LogP contribution in [0.4, 0.5) is 4.39 Å². The molecule has 0 saturated carbocycles. The van der Waals surface area contributed by atoms with E-state index in [4.69, 9.17) is 14.8 Å². The largest absolute Gasteiger partial charge is 0.493 e. The molecule has 0 atom stereocenters. The molecule has 13 heavy (non-hydrogen) atoms. The molecule has 70 valence electrons. The smallest absolute Gasteiger partial charge is 0.478 e. The Hall–Kier alpha value is -1.14. The predicted molar refractivity (Wildman–Crippen MR) is 45.2 cm³/mol. The standard InChI is InChI=1S/C7H9BFNO3/c1-2-13-6-4-3-5(8(11)12)7(9)10-6/h3-4,11-12H,2H2,1H3. The summed E-state index contributed by atoms with van der Waals surface area (Å²) in [5.41, 5.74) is -0.261. The third-order valence-electron chi connectivity index (χ3n) is 1.42. The summed E-state index contributed by atoms with van der Waals surface area (Å²) in [6.07, 6.45) is 0. The molecule has 4 nitrogen and oxygen atoms in total. The van der Waals surface area contributed by atoms with Gasteiger partial charge in [-0.05, 0) is 6.92 Å². The van der Waals surface area contributed by atoms with Gasteiger partial charge in [0.25, 0.3) is 0 Å². The zero-order chi connectivity index (χ0) is 9.84. The molecule has 0 aromatic carbocycles. The van der Waals surface area contributed by atoms with Crippen LogP contribution in [0.25, 0.3) is 0 Å². The predicted octanol–water partition coefficient (Wildman–Crippen LogP) is -0.701. The highest BCUT2D eigenvalue weighted by Gasteiger charge is 2.17.